The Morgan fingerprint density at radius 1 is 1.21 bits per heavy atom. The molecule has 0 aliphatic rings. The van der Waals surface area contributed by atoms with Crippen LogP contribution < -0.4 is 10.9 Å². The molecular formula is C23H21ClN6O4. The van der Waals surface area contributed by atoms with E-state index in [4.69, 9.17) is 16.1 Å². The number of benzene rings is 1. The highest BCUT2D eigenvalue weighted by Crippen LogP contribution is 2.39. The van der Waals surface area contributed by atoms with E-state index in [0.717, 1.165) is 11.3 Å². The summed E-state index contributed by atoms with van der Waals surface area (Å²) in [5.74, 6) is -2.23. The Morgan fingerprint density at radius 3 is 2.62 bits per heavy atom. The number of aromatic nitrogens is 5. The van der Waals surface area contributed by atoms with E-state index in [0.29, 0.717) is 10.7 Å². The van der Waals surface area contributed by atoms with Gasteiger partial charge in [0.25, 0.3) is 11.5 Å². The lowest BCUT2D eigenvalue weighted by atomic mass is 9.84. The molecule has 2 N–H and O–H groups in total. The first-order valence-electron chi connectivity index (χ1n) is 10.3. The van der Waals surface area contributed by atoms with Gasteiger partial charge in [0.15, 0.2) is 5.69 Å². The number of carbonyl (C=O) groups excluding carboxylic acids is 1. The van der Waals surface area contributed by atoms with Crippen LogP contribution in [-0.4, -0.2) is 35.7 Å². The summed E-state index contributed by atoms with van der Waals surface area (Å²) in [6.45, 7) is 3.67. The van der Waals surface area contributed by atoms with Crippen molar-refractivity contribution in [3.8, 4) is 5.75 Å². The topological polar surface area (TPSA) is 136 Å². The monoisotopic (exact) mass is 480 g/mol. The van der Waals surface area contributed by atoms with Gasteiger partial charge < -0.3 is 14.9 Å². The predicted octanol–water partition coefficient (Wildman–Crippen LogP) is 3.41. The Hall–Kier alpha value is -4.05. The minimum Gasteiger partial charge on any atom is -0.501 e. The Morgan fingerprint density at radius 2 is 1.97 bits per heavy atom. The van der Waals surface area contributed by atoms with Gasteiger partial charge in [0, 0.05) is 36.3 Å². The van der Waals surface area contributed by atoms with Crippen LogP contribution in [0.1, 0.15) is 52.0 Å². The van der Waals surface area contributed by atoms with Crippen molar-refractivity contribution in [2.45, 2.75) is 25.7 Å². The molecule has 4 rings (SSSR count). The Kier molecular flexibility index (Phi) is 6.42. The van der Waals surface area contributed by atoms with Crippen LogP contribution in [0.15, 0.2) is 58.4 Å². The van der Waals surface area contributed by atoms with E-state index in [-0.39, 0.29) is 11.5 Å². The molecule has 4 aromatic rings. The Balaban J connectivity index is 1.84. The van der Waals surface area contributed by atoms with Crippen LogP contribution in [0.3, 0.4) is 0 Å². The predicted molar refractivity (Wildman–Crippen MR) is 124 cm³/mol. The van der Waals surface area contributed by atoms with Gasteiger partial charge in [0.2, 0.25) is 5.75 Å². The minimum absolute atomic E-state index is 0.255. The molecule has 3 heterocycles. The second-order valence-corrected chi connectivity index (χ2v) is 8.18. The second-order valence-electron chi connectivity index (χ2n) is 7.77. The lowest BCUT2D eigenvalue weighted by Crippen LogP contribution is -2.29. The molecule has 0 radical (unpaired) electrons. The highest BCUT2D eigenvalue weighted by molar-refractivity contribution is 6.31. The number of amides is 1. The highest BCUT2D eigenvalue weighted by atomic mass is 35.5. The molecule has 34 heavy (non-hydrogen) atoms. The number of nitrogens with zero attached hydrogens (tertiary/aromatic N) is 5. The highest BCUT2D eigenvalue weighted by Gasteiger charge is 2.31. The number of aryl methyl sites for hydroxylation is 1. The van der Waals surface area contributed by atoms with Crippen molar-refractivity contribution in [2.24, 2.45) is 7.05 Å². The van der Waals surface area contributed by atoms with E-state index < -0.39 is 34.7 Å². The minimum atomic E-state index is -0.781. The Labute approximate surface area is 199 Å². The van der Waals surface area contributed by atoms with Gasteiger partial charge >= 0.3 is 0 Å². The van der Waals surface area contributed by atoms with E-state index in [1.807, 2.05) is 32.0 Å². The van der Waals surface area contributed by atoms with Crippen LogP contribution in [0.25, 0.3) is 0 Å². The van der Waals surface area contributed by atoms with Crippen LogP contribution in [0.2, 0.25) is 5.02 Å². The van der Waals surface area contributed by atoms with Crippen LogP contribution in [0.5, 0.6) is 5.75 Å². The number of halogens is 1. The molecule has 0 saturated heterocycles. The van der Waals surface area contributed by atoms with Crippen LogP contribution in [0.4, 0.5) is 5.69 Å². The van der Waals surface area contributed by atoms with Gasteiger partial charge in [0.1, 0.15) is 17.8 Å². The summed E-state index contributed by atoms with van der Waals surface area (Å²) in [5, 5.41) is 16.9. The zero-order valence-electron chi connectivity index (χ0n) is 18.6. The summed E-state index contributed by atoms with van der Waals surface area (Å²) in [4.78, 5) is 38.9. The average molecular weight is 481 g/mol. The third-order valence-corrected chi connectivity index (χ3v) is 5.82. The molecule has 0 aliphatic heterocycles. The fourth-order valence-electron chi connectivity index (χ4n) is 3.75. The van der Waals surface area contributed by atoms with Crippen LogP contribution in [0, 0.1) is 6.92 Å². The fraction of sp³-hybridized carbons (Fsp3) is 0.217. The first-order valence-corrected chi connectivity index (χ1v) is 10.7. The van der Waals surface area contributed by atoms with Gasteiger partial charge in [-0.2, -0.15) is 0 Å². The zero-order chi connectivity index (χ0) is 24.4. The van der Waals surface area contributed by atoms with E-state index in [2.05, 4.69) is 25.4 Å². The largest absolute Gasteiger partial charge is 0.501 e. The van der Waals surface area contributed by atoms with Crippen molar-refractivity contribution in [3.05, 3.63) is 93.0 Å². The first-order chi connectivity index (χ1) is 16.3. The molecule has 1 amide bonds. The smallest absolute Gasteiger partial charge is 0.296 e. The molecule has 0 bridgehead atoms. The van der Waals surface area contributed by atoms with Gasteiger partial charge in [-0.05, 0) is 18.6 Å². The zero-order valence-corrected chi connectivity index (χ0v) is 19.3. The van der Waals surface area contributed by atoms with Crippen molar-refractivity contribution in [1.82, 2.24) is 24.7 Å². The molecule has 0 spiro atoms. The quantitative estimate of drug-likeness (QED) is 0.428. The average Bonchev–Trinajstić information content (AvgIpc) is 3.33. The van der Waals surface area contributed by atoms with Gasteiger partial charge in [-0.1, -0.05) is 41.9 Å². The maximum Gasteiger partial charge on any atom is 0.296 e. The summed E-state index contributed by atoms with van der Waals surface area (Å²) in [6.07, 6.45) is 5.79. The van der Waals surface area contributed by atoms with Crippen LogP contribution >= 0.6 is 11.6 Å². The number of hydrogen-bond donors (Lipinski definition) is 2. The number of aromatic hydroxyl groups is 1. The van der Waals surface area contributed by atoms with E-state index in [1.54, 1.807) is 18.5 Å². The summed E-state index contributed by atoms with van der Waals surface area (Å²) < 4.78 is 5.91. The lowest BCUT2D eigenvalue weighted by Gasteiger charge is -2.26. The molecule has 10 nitrogen and oxygen atoms in total. The SMILES string of the molecule is Cc1cnc(C(c2ccccc2Cl)C(C)c2nc(C(=O)Nc3cnoc3)c(O)c(=O)n2C)cn1. The second kappa shape index (κ2) is 9.44. The maximum absolute atomic E-state index is 12.8. The standard InChI is InChI=1S/C23H21ClN6O4/c1-12-8-26-17(10-25-12)18(15-6-4-5-7-16(15)24)13(2)21-29-19(20(31)23(33)30(21)3)22(32)28-14-9-27-34-11-14/h4-11,13,18,31H,1-3H3,(H,28,32). The molecular weight excluding hydrogens is 460 g/mol. The molecule has 0 fully saturated rings. The molecule has 11 heteroatoms. The number of hydrogen-bond acceptors (Lipinski definition) is 8. The third-order valence-electron chi connectivity index (χ3n) is 5.47. The maximum atomic E-state index is 12.8. The normalized spacial score (nSPS) is 12.8. The van der Waals surface area contributed by atoms with Crippen molar-refractivity contribution in [1.29, 1.82) is 0 Å². The van der Waals surface area contributed by atoms with Crippen molar-refractivity contribution < 1.29 is 14.4 Å². The van der Waals surface area contributed by atoms with Gasteiger partial charge in [-0.3, -0.25) is 24.1 Å². The van der Waals surface area contributed by atoms with Crippen LogP contribution in [-0.2, 0) is 7.05 Å². The number of carbonyl (C=O) groups is 1. The molecule has 1 aromatic carbocycles. The van der Waals surface area contributed by atoms with E-state index in [1.165, 1.54) is 24.1 Å². The molecule has 174 valence electrons. The molecule has 2 atom stereocenters. The van der Waals surface area contributed by atoms with Crippen molar-refractivity contribution in [3.63, 3.8) is 0 Å². The van der Waals surface area contributed by atoms with Crippen molar-refractivity contribution >= 4 is 23.2 Å². The van der Waals surface area contributed by atoms with Gasteiger partial charge in [-0.15, -0.1) is 0 Å². The van der Waals surface area contributed by atoms with E-state index >= 15 is 0 Å². The summed E-state index contributed by atoms with van der Waals surface area (Å²) >= 11 is 6.53. The first kappa shape index (κ1) is 23.1. The van der Waals surface area contributed by atoms with Crippen molar-refractivity contribution in [2.75, 3.05) is 5.32 Å². The Bertz CT molecular complexity index is 1390. The molecule has 0 aliphatic carbocycles. The third kappa shape index (κ3) is 4.40. The number of anilines is 1. The van der Waals surface area contributed by atoms with Gasteiger partial charge in [-0.25, -0.2) is 4.98 Å². The summed E-state index contributed by atoms with van der Waals surface area (Å²) in [6, 6.07) is 7.29. The van der Waals surface area contributed by atoms with E-state index in [9.17, 15) is 14.7 Å². The fourth-order valence-corrected chi connectivity index (χ4v) is 4.01. The number of rotatable bonds is 6. The number of nitrogens with one attached hydrogen (secondary N) is 1. The molecule has 2 unspecified atom stereocenters. The molecule has 0 saturated carbocycles. The molecule has 3 aromatic heterocycles. The lowest BCUT2D eigenvalue weighted by molar-refractivity contribution is 0.101. The summed E-state index contributed by atoms with van der Waals surface area (Å²) in [5.41, 5.74) is 1.19. The van der Waals surface area contributed by atoms with Gasteiger partial charge in [0.05, 0.1) is 17.6 Å². The summed E-state index contributed by atoms with van der Waals surface area (Å²) in [7, 11) is 1.48.